The highest BCUT2D eigenvalue weighted by molar-refractivity contribution is 6.94. The van der Waals surface area contributed by atoms with Gasteiger partial charge in [-0.2, -0.15) is 0 Å². The van der Waals surface area contributed by atoms with Crippen LogP contribution in [0.2, 0.25) is 0 Å². The number of rotatable bonds is 2. The van der Waals surface area contributed by atoms with E-state index in [1.54, 1.807) is 5.56 Å². The lowest BCUT2D eigenvalue weighted by molar-refractivity contribution is 0.195. The third-order valence-corrected chi connectivity index (χ3v) is 13.9. The Morgan fingerprint density at radius 2 is 1.30 bits per heavy atom. The fourth-order valence-corrected chi connectivity index (χ4v) is 10.7. The van der Waals surface area contributed by atoms with Crippen molar-refractivity contribution in [2.45, 2.75) is 103 Å². The van der Waals surface area contributed by atoms with Crippen LogP contribution in [0.4, 0.5) is 22.7 Å². The van der Waals surface area contributed by atoms with Crippen LogP contribution in [-0.2, 0) is 16.2 Å². The summed E-state index contributed by atoms with van der Waals surface area (Å²) in [5.41, 5.74) is 18.1. The van der Waals surface area contributed by atoms with Gasteiger partial charge in [-0.05, 0) is 105 Å². The smallest absolute Gasteiger partial charge is 0.333 e. The van der Waals surface area contributed by atoms with E-state index in [0.29, 0.717) is 0 Å². The van der Waals surface area contributed by atoms with Gasteiger partial charge in [0.15, 0.2) is 0 Å². The molecule has 2 unspecified atom stereocenters. The number of hydrogen-bond acceptors (Lipinski definition) is 2. The highest BCUT2D eigenvalue weighted by Gasteiger charge is 2.62. The zero-order chi connectivity index (χ0) is 36.7. The van der Waals surface area contributed by atoms with Crippen molar-refractivity contribution >= 4 is 51.3 Å². The maximum atomic E-state index is 2.87. The van der Waals surface area contributed by atoms with Crippen molar-refractivity contribution in [3.8, 4) is 22.3 Å². The predicted molar refractivity (Wildman–Crippen MR) is 229 cm³/mol. The molecule has 6 aromatic rings. The van der Waals surface area contributed by atoms with Gasteiger partial charge in [0.25, 0.3) is 0 Å². The standard InChI is InChI=1S/C50H51BN2/c1-47(2,3)35-21-23-37(24-22-35)53-45-38-19-13-12-18-33(38)20-25-39(45)40-28-34(32-16-10-9-11-17-32)29-43-44(40)51(53)42-31-36(48(4,5)6)30-41-46(42)52(43)50(8)27-15-14-26-49(41,50)7/h9-13,16-25,28-31H,14-15,26-27H2,1-8H3. The van der Waals surface area contributed by atoms with E-state index in [9.17, 15) is 0 Å². The predicted octanol–water partition coefficient (Wildman–Crippen LogP) is 12.1. The highest BCUT2D eigenvalue weighted by atomic mass is 15.3. The summed E-state index contributed by atoms with van der Waals surface area (Å²) in [4.78, 5) is 5.61. The van der Waals surface area contributed by atoms with E-state index in [0.717, 1.165) is 0 Å². The van der Waals surface area contributed by atoms with Crippen LogP contribution in [0, 0.1) is 0 Å². The molecule has 2 atom stereocenters. The lowest BCUT2D eigenvalue weighted by Crippen LogP contribution is -2.64. The van der Waals surface area contributed by atoms with Crippen LogP contribution in [0.5, 0.6) is 0 Å². The van der Waals surface area contributed by atoms with Gasteiger partial charge in [0.2, 0.25) is 0 Å². The molecule has 0 amide bonds. The molecule has 6 aromatic carbocycles. The second-order valence-electron chi connectivity index (χ2n) is 18.9. The van der Waals surface area contributed by atoms with Gasteiger partial charge in [-0.15, -0.1) is 0 Å². The normalized spacial score (nSPS) is 21.3. The minimum atomic E-state index is -0.0320. The molecule has 0 bridgehead atoms. The summed E-state index contributed by atoms with van der Waals surface area (Å²) in [6, 6.07) is 44.7. The molecule has 1 aliphatic carbocycles. The van der Waals surface area contributed by atoms with Crippen molar-refractivity contribution in [1.82, 2.24) is 0 Å². The van der Waals surface area contributed by atoms with Gasteiger partial charge in [0, 0.05) is 39.1 Å². The summed E-state index contributed by atoms with van der Waals surface area (Å²) in [6.07, 6.45) is 4.96. The summed E-state index contributed by atoms with van der Waals surface area (Å²) in [5.74, 6) is 0. The van der Waals surface area contributed by atoms with Crippen molar-refractivity contribution < 1.29 is 0 Å². The summed E-state index contributed by atoms with van der Waals surface area (Å²) in [7, 11) is 0. The molecule has 3 aliphatic heterocycles. The number of anilines is 4. The first-order valence-electron chi connectivity index (χ1n) is 19.9. The molecule has 2 nitrogen and oxygen atoms in total. The van der Waals surface area contributed by atoms with Crippen molar-refractivity contribution in [1.29, 1.82) is 0 Å². The molecule has 1 fully saturated rings. The molecule has 264 valence electrons. The van der Waals surface area contributed by atoms with E-state index in [1.807, 2.05) is 0 Å². The molecule has 0 saturated heterocycles. The van der Waals surface area contributed by atoms with Crippen molar-refractivity contribution in [2.75, 3.05) is 9.71 Å². The molecular weight excluding hydrogens is 639 g/mol. The first-order chi connectivity index (χ1) is 25.3. The summed E-state index contributed by atoms with van der Waals surface area (Å²) in [6.45, 7) is 19.4. The number of benzene rings is 6. The fraction of sp³-hybridized carbons (Fsp3) is 0.320. The molecule has 4 aliphatic rings. The lowest BCUT2D eigenvalue weighted by atomic mass is 9.43. The summed E-state index contributed by atoms with van der Waals surface area (Å²) >= 11 is 0. The Hall–Kier alpha value is -4.76. The van der Waals surface area contributed by atoms with Crippen LogP contribution >= 0.6 is 0 Å². The Morgan fingerprint density at radius 1 is 0.604 bits per heavy atom. The van der Waals surface area contributed by atoms with E-state index < -0.39 is 0 Å². The van der Waals surface area contributed by atoms with Crippen LogP contribution in [0.3, 0.4) is 0 Å². The molecule has 0 spiro atoms. The first-order valence-corrected chi connectivity index (χ1v) is 19.9. The largest absolute Gasteiger partial charge is 0.376 e. The van der Waals surface area contributed by atoms with Gasteiger partial charge in [0.1, 0.15) is 0 Å². The molecule has 0 N–H and O–H groups in total. The third kappa shape index (κ3) is 4.46. The summed E-state index contributed by atoms with van der Waals surface area (Å²) < 4.78 is 0. The van der Waals surface area contributed by atoms with Gasteiger partial charge in [0.05, 0.1) is 5.54 Å². The van der Waals surface area contributed by atoms with Crippen LogP contribution < -0.4 is 20.6 Å². The van der Waals surface area contributed by atoms with Gasteiger partial charge in [-0.3, -0.25) is 0 Å². The molecule has 10 rings (SSSR count). The molecule has 0 aromatic heterocycles. The quantitative estimate of drug-likeness (QED) is 0.167. The molecule has 1 saturated carbocycles. The van der Waals surface area contributed by atoms with E-state index in [2.05, 4.69) is 180 Å². The Balaban J connectivity index is 1.38. The Labute approximate surface area is 317 Å². The highest BCUT2D eigenvalue weighted by Crippen LogP contribution is 2.63. The maximum Gasteiger partial charge on any atom is 0.333 e. The van der Waals surface area contributed by atoms with Gasteiger partial charge < -0.3 is 9.71 Å². The van der Waals surface area contributed by atoms with E-state index >= 15 is 0 Å². The first kappa shape index (κ1) is 32.9. The molecule has 0 radical (unpaired) electrons. The van der Waals surface area contributed by atoms with Crippen molar-refractivity contribution in [3.63, 3.8) is 0 Å². The molecule has 3 heterocycles. The number of fused-ring (bicyclic) bond motifs is 9. The van der Waals surface area contributed by atoms with Crippen LogP contribution in [0.25, 0.3) is 33.0 Å². The maximum absolute atomic E-state index is 2.87. The van der Waals surface area contributed by atoms with Gasteiger partial charge >= 0.3 is 6.85 Å². The summed E-state index contributed by atoms with van der Waals surface area (Å²) in [5, 5.41) is 2.59. The monoisotopic (exact) mass is 690 g/mol. The molecule has 3 heteroatoms. The van der Waals surface area contributed by atoms with E-state index in [1.165, 1.54) is 104 Å². The lowest BCUT2D eigenvalue weighted by Gasteiger charge is -2.53. The Bertz CT molecular complexity index is 2470. The average Bonchev–Trinajstić information content (AvgIpc) is 3.36. The van der Waals surface area contributed by atoms with Crippen LogP contribution in [0.15, 0.2) is 115 Å². The Morgan fingerprint density at radius 3 is 2.04 bits per heavy atom. The number of nitrogens with zero attached hydrogens (tertiary/aromatic N) is 2. The second-order valence-corrected chi connectivity index (χ2v) is 18.9. The average molecular weight is 691 g/mol. The van der Waals surface area contributed by atoms with Gasteiger partial charge in [-0.25, -0.2) is 0 Å². The third-order valence-electron chi connectivity index (χ3n) is 13.9. The van der Waals surface area contributed by atoms with Crippen LogP contribution in [-0.4, -0.2) is 12.4 Å². The minimum Gasteiger partial charge on any atom is -0.376 e. The number of hydrogen-bond donors (Lipinski definition) is 0. The van der Waals surface area contributed by atoms with E-state index in [4.69, 9.17) is 0 Å². The van der Waals surface area contributed by atoms with E-state index in [-0.39, 0.29) is 28.6 Å². The topological polar surface area (TPSA) is 6.48 Å². The molecular formula is C50H51BN2. The van der Waals surface area contributed by atoms with Crippen LogP contribution in [0.1, 0.15) is 97.8 Å². The fourth-order valence-electron chi connectivity index (χ4n) is 10.7. The van der Waals surface area contributed by atoms with Gasteiger partial charge in [-0.1, -0.05) is 152 Å². The second kappa shape index (κ2) is 10.9. The van der Waals surface area contributed by atoms with Crippen molar-refractivity contribution in [2.24, 2.45) is 0 Å². The molecule has 53 heavy (non-hydrogen) atoms. The SMILES string of the molecule is CC(C)(C)c1ccc(N2B3c4cc(C(C)(C)C)cc5c4N(c4cc(-c6ccccc6)cc(c43)-c3ccc4ccccc4c32)C2(C)CCCCC52C)cc1. The van der Waals surface area contributed by atoms with Crippen molar-refractivity contribution in [3.05, 3.63) is 132 Å². The minimum absolute atomic E-state index is 0.0130. The zero-order valence-corrected chi connectivity index (χ0v) is 32.8. The Kier molecular flexibility index (Phi) is 6.76. The zero-order valence-electron chi connectivity index (χ0n) is 32.8.